The van der Waals surface area contributed by atoms with Crippen LogP contribution in [0.4, 0.5) is 5.69 Å². The number of benzene rings is 1. The highest BCUT2D eigenvalue weighted by Crippen LogP contribution is 2.20. The number of aromatic nitrogens is 2. The molecule has 0 saturated heterocycles. The molecule has 0 radical (unpaired) electrons. The second-order valence-electron chi connectivity index (χ2n) is 4.32. The van der Waals surface area contributed by atoms with E-state index in [0.717, 1.165) is 5.56 Å². The Bertz CT molecular complexity index is 628. The minimum atomic E-state index is -0.177. The van der Waals surface area contributed by atoms with Gasteiger partial charge in [0.05, 0.1) is 18.0 Å². The number of anilines is 1. The lowest BCUT2D eigenvalue weighted by Gasteiger charge is -2.17. The second-order valence-corrected chi connectivity index (χ2v) is 5.11. The highest BCUT2D eigenvalue weighted by Gasteiger charge is 2.12. The molecule has 2 rings (SSSR count). The summed E-state index contributed by atoms with van der Waals surface area (Å²) in [6.07, 6.45) is 1.52. The first-order valence-corrected chi connectivity index (χ1v) is 6.96. The third kappa shape index (κ3) is 3.26. The summed E-state index contributed by atoms with van der Waals surface area (Å²) in [7, 11) is 3.27. The molecule has 1 N–H and O–H groups in total. The smallest absolute Gasteiger partial charge is 0.282 e. The molecule has 1 aromatic carbocycles. The highest BCUT2D eigenvalue weighted by molar-refractivity contribution is 9.10. The van der Waals surface area contributed by atoms with Gasteiger partial charge >= 0.3 is 0 Å². The van der Waals surface area contributed by atoms with Gasteiger partial charge in [0.25, 0.3) is 5.56 Å². The molecule has 1 atom stereocenters. The van der Waals surface area contributed by atoms with E-state index in [4.69, 9.17) is 4.74 Å². The standard InChI is InChI=1S/C14H16BrN3O2/c1-18-14(19)13(15)11(8-17-18)16-9-12(20-2)10-6-4-3-5-7-10/h3-8,12,16H,9H2,1-2H3. The largest absolute Gasteiger partial charge is 0.380 e. The molecule has 1 aromatic heterocycles. The van der Waals surface area contributed by atoms with Gasteiger partial charge in [-0.05, 0) is 21.5 Å². The van der Waals surface area contributed by atoms with E-state index in [-0.39, 0.29) is 11.7 Å². The first kappa shape index (κ1) is 14.7. The molecule has 6 heteroatoms. The Balaban J connectivity index is 2.12. The van der Waals surface area contributed by atoms with Crippen LogP contribution in [0.1, 0.15) is 11.7 Å². The number of hydrogen-bond acceptors (Lipinski definition) is 4. The summed E-state index contributed by atoms with van der Waals surface area (Å²) in [5, 5.41) is 7.17. The molecule has 0 saturated carbocycles. The first-order chi connectivity index (χ1) is 9.63. The van der Waals surface area contributed by atoms with Crippen molar-refractivity contribution in [2.45, 2.75) is 6.10 Å². The molecule has 2 aromatic rings. The predicted molar refractivity (Wildman–Crippen MR) is 81.9 cm³/mol. The van der Waals surface area contributed by atoms with E-state index in [1.165, 1.54) is 4.68 Å². The number of halogens is 1. The van der Waals surface area contributed by atoms with Crippen LogP contribution in [0.3, 0.4) is 0 Å². The molecule has 0 spiro atoms. The Labute approximate surface area is 125 Å². The van der Waals surface area contributed by atoms with Crippen molar-refractivity contribution in [2.75, 3.05) is 19.0 Å². The lowest BCUT2D eigenvalue weighted by molar-refractivity contribution is 0.114. The number of nitrogens with one attached hydrogen (secondary N) is 1. The Morgan fingerprint density at radius 3 is 2.75 bits per heavy atom. The van der Waals surface area contributed by atoms with Crippen LogP contribution < -0.4 is 10.9 Å². The fourth-order valence-corrected chi connectivity index (χ4v) is 2.34. The zero-order chi connectivity index (χ0) is 14.5. The third-order valence-corrected chi connectivity index (χ3v) is 3.78. The van der Waals surface area contributed by atoms with Gasteiger partial charge in [-0.15, -0.1) is 0 Å². The molecule has 20 heavy (non-hydrogen) atoms. The van der Waals surface area contributed by atoms with Crippen molar-refractivity contribution >= 4 is 21.6 Å². The van der Waals surface area contributed by atoms with Crippen molar-refractivity contribution in [3.63, 3.8) is 0 Å². The summed E-state index contributed by atoms with van der Waals surface area (Å²) in [4.78, 5) is 11.8. The van der Waals surface area contributed by atoms with Crippen molar-refractivity contribution in [2.24, 2.45) is 7.05 Å². The molecule has 106 valence electrons. The molecule has 1 unspecified atom stereocenters. The minimum absolute atomic E-state index is 0.0906. The molecule has 5 nitrogen and oxygen atoms in total. The lowest BCUT2D eigenvalue weighted by atomic mass is 10.1. The predicted octanol–water partition coefficient (Wildman–Crippen LogP) is 2.34. The van der Waals surface area contributed by atoms with E-state index in [0.29, 0.717) is 16.7 Å². The van der Waals surface area contributed by atoms with Crippen molar-refractivity contribution in [3.05, 3.63) is 56.9 Å². The number of aryl methyl sites for hydroxylation is 1. The normalized spacial score (nSPS) is 12.2. The number of ether oxygens (including phenoxy) is 1. The maximum atomic E-state index is 11.8. The number of methoxy groups -OCH3 is 1. The van der Waals surface area contributed by atoms with Crippen LogP contribution in [0.2, 0.25) is 0 Å². The SMILES string of the molecule is COC(CNc1cnn(C)c(=O)c1Br)c1ccccc1. The zero-order valence-corrected chi connectivity index (χ0v) is 12.9. The van der Waals surface area contributed by atoms with E-state index >= 15 is 0 Å². The van der Waals surface area contributed by atoms with Crippen LogP contribution in [0, 0.1) is 0 Å². The maximum Gasteiger partial charge on any atom is 0.282 e. The van der Waals surface area contributed by atoms with Gasteiger partial charge in [-0.25, -0.2) is 4.68 Å². The summed E-state index contributed by atoms with van der Waals surface area (Å²) in [6, 6.07) is 9.92. The Morgan fingerprint density at radius 2 is 2.10 bits per heavy atom. The van der Waals surface area contributed by atoms with E-state index in [1.807, 2.05) is 30.3 Å². The highest BCUT2D eigenvalue weighted by atomic mass is 79.9. The number of nitrogens with zero attached hydrogens (tertiary/aromatic N) is 2. The zero-order valence-electron chi connectivity index (χ0n) is 11.3. The Hall–Kier alpha value is -1.66. The molecular formula is C14H16BrN3O2. The molecule has 0 aliphatic carbocycles. The molecule has 0 amide bonds. The van der Waals surface area contributed by atoms with E-state index < -0.39 is 0 Å². The van der Waals surface area contributed by atoms with Gasteiger partial charge in [0, 0.05) is 20.7 Å². The summed E-state index contributed by atoms with van der Waals surface area (Å²) < 4.78 is 7.22. The van der Waals surface area contributed by atoms with Gasteiger partial charge in [-0.1, -0.05) is 30.3 Å². The molecule has 0 bridgehead atoms. The van der Waals surface area contributed by atoms with Crippen LogP contribution in [-0.4, -0.2) is 23.4 Å². The molecule has 0 aliphatic heterocycles. The van der Waals surface area contributed by atoms with Gasteiger partial charge in [0.1, 0.15) is 4.47 Å². The van der Waals surface area contributed by atoms with Crippen molar-refractivity contribution in [1.82, 2.24) is 9.78 Å². The van der Waals surface area contributed by atoms with Gasteiger partial charge in [0.2, 0.25) is 0 Å². The third-order valence-electron chi connectivity index (χ3n) is 3.01. The van der Waals surface area contributed by atoms with Crippen LogP contribution in [0.25, 0.3) is 0 Å². The molecule has 1 heterocycles. The molecule has 0 fully saturated rings. The van der Waals surface area contributed by atoms with Crippen molar-refractivity contribution in [3.8, 4) is 0 Å². The second kappa shape index (κ2) is 6.67. The number of rotatable bonds is 5. The fourth-order valence-electron chi connectivity index (χ4n) is 1.84. The summed E-state index contributed by atoms with van der Waals surface area (Å²) >= 11 is 3.28. The topological polar surface area (TPSA) is 56.1 Å². The minimum Gasteiger partial charge on any atom is -0.380 e. The van der Waals surface area contributed by atoms with Gasteiger partial charge < -0.3 is 10.1 Å². The van der Waals surface area contributed by atoms with E-state index in [1.54, 1.807) is 20.4 Å². The van der Waals surface area contributed by atoms with Crippen LogP contribution in [0.5, 0.6) is 0 Å². The van der Waals surface area contributed by atoms with Crippen LogP contribution in [0.15, 0.2) is 45.8 Å². The summed E-state index contributed by atoms with van der Waals surface area (Å²) in [6.45, 7) is 0.550. The first-order valence-electron chi connectivity index (χ1n) is 6.17. The lowest BCUT2D eigenvalue weighted by Crippen LogP contribution is -2.22. The van der Waals surface area contributed by atoms with Gasteiger partial charge in [-0.2, -0.15) is 5.10 Å². The van der Waals surface area contributed by atoms with Crippen LogP contribution >= 0.6 is 15.9 Å². The molecule has 0 aliphatic rings. The monoisotopic (exact) mass is 337 g/mol. The van der Waals surface area contributed by atoms with Crippen molar-refractivity contribution < 1.29 is 4.74 Å². The number of hydrogen-bond donors (Lipinski definition) is 1. The van der Waals surface area contributed by atoms with E-state index in [2.05, 4.69) is 26.3 Å². The summed E-state index contributed by atoms with van der Waals surface area (Å²) in [5.41, 5.74) is 1.56. The Morgan fingerprint density at radius 1 is 1.40 bits per heavy atom. The van der Waals surface area contributed by atoms with Crippen molar-refractivity contribution in [1.29, 1.82) is 0 Å². The van der Waals surface area contributed by atoms with Crippen LogP contribution in [-0.2, 0) is 11.8 Å². The Kier molecular flexibility index (Phi) is 4.92. The average Bonchev–Trinajstić information content (AvgIpc) is 2.48. The quantitative estimate of drug-likeness (QED) is 0.909. The average molecular weight is 338 g/mol. The fraction of sp³-hybridized carbons (Fsp3) is 0.286. The molecular weight excluding hydrogens is 322 g/mol. The van der Waals surface area contributed by atoms with Gasteiger partial charge in [-0.3, -0.25) is 4.79 Å². The maximum absolute atomic E-state index is 11.8. The summed E-state index contributed by atoms with van der Waals surface area (Å²) in [5.74, 6) is 0. The van der Waals surface area contributed by atoms with Gasteiger partial charge in [0.15, 0.2) is 0 Å². The van der Waals surface area contributed by atoms with E-state index in [9.17, 15) is 4.79 Å².